The number of hydrogen-bond donors (Lipinski definition) is 0. The summed E-state index contributed by atoms with van der Waals surface area (Å²) in [7, 11) is 1.62. The van der Waals surface area contributed by atoms with E-state index in [-0.39, 0.29) is 37.3 Å². The van der Waals surface area contributed by atoms with Gasteiger partial charge in [-0.3, -0.25) is 19.3 Å². The fourth-order valence-electron chi connectivity index (χ4n) is 3.31. The quantitative estimate of drug-likeness (QED) is 0.187. The van der Waals surface area contributed by atoms with Crippen LogP contribution >= 0.6 is 0 Å². The van der Waals surface area contributed by atoms with Gasteiger partial charge in [0, 0.05) is 20.0 Å². The largest absolute Gasteiger partial charge is 0.458 e. The van der Waals surface area contributed by atoms with Crippen molar-refractivity contribution in [3.05, 3.63) is 12.2 Å². The smallest absolute Gasteiger partial charge is 0.326 e. The summed E-state index contributed by atoms with van der Waals surface area (Å²) < 4.78 is 27.3. The molecule has 2 rings (SSSR count). The van der Waals surface area contributed by atoms with Crippen LogP contribution in [0.2, 0.25) is 0 Å². The van der Waals surface area contributed by atoms with Crippen molar-refractivity contribution in [2.24, 2.45) is 0 Å². The summed E-state index contributed by atoms with van der Waals surface area (Å²) >= 11 is 0. The zero-order valence-corrected chi connectivity index (χ0v) is 17.7. The Bertz CT molecular complexity index is 563. The molecule has 170 valence electrons. The molecule has 0 radical (unpaired) electrons. The van der Waals surface area contributed by atoms with E-state index >= 15 is 0 Å². The zero-order valence-electron chi connectivity index (χ0n) is 17.7. The first-order valence-corrected chi connectivity index (χ1v) is 10.6. The lowest BCUT2D eigenvalue weighted by atomic mass is 10.00. The molecule has 0 aromatic heterocycles. The van der Waals surface area contributed by atoms with Crippen molar-refractivity contribution in [2.45, 2.75) is 50.7 Å². The summed E-state index contributed by atoms with van der Waals surface area (Å²) in [6.07, 6.45) is 6.75. The fraction of sp³-hybridized carbons (Fsp3) is 0.762. The molecule has 1 aliphatic heterocycles. The van der Waals surface area contributed by atoms with Crippen LogP contribution in [0, 0.1) is 0 Å². The van der Waals surface area contributed by atoms with Gasteiger partial charge in [-0.25, -0.2) is 0 Å². The summed E-state index contributed by atoms with van der Waals surface area (Å²) in [5.41, 5.74) is 0. The normalized spacial score (nSPS) is 23.3. The van der Waals surface area contributed by atoms with Gasteiger partial charge >= 0.3 is 5.97 Å². The standard InChI is InChI=1S/C21H33NO8/c1-26-10-11-27-12-13-28-14-15-29-17-6-4-2-3-5-7-18(17)30-21(25)16-22-19(23)8-9-20(22)24/h2-3,17-18H,4-16H2,1H3/b3-2+. The number of nitrogens with zero attached hydrogens (tertiary/aromatic N) is 1. The molecule has 0 bridgehead atoms. The third-order valence-electron chi connectivity index (χ3n) is 4.91. The van der Waals surface area contributed by atoms with E-state index in [2.05, 4.69) is 12.2 Å². The second-order valence-corrected chi connectivity index (χ2v) is 7.15. The molecular formula is C21H33NO8. The summed E-state index contributed by atoms with van der Waals surface area (Å²) in [5, 5.41) is 0. The Balaban J connectivity index is 1.72. The number of esters is 1. The number of likely N-dealkylation sites (tertiary alicyclic amines) is 1. The molecule has 2 amide bonds. The van der Waals surface area contributed by atoms with Crippen molar-refractivity contribution in [2.75, 3.05) is 53.3 Å². The van der Waals surface area contributed by atoms with Crippen molar-refractivity contribution >= 4 is 17.8 Å². The van der Waals surface area contributed by atoms with Gasteiger partial charge in [-0.2, -0.15) is 0 Å². The van der Waals surface area contributed by atoms with Gasteiger partial charge in [0.05, 0.1) is 45.7 Å². The molecule has 2 atom stereocenters. The topological polar surface area (TPSA) is 101 Å². The minimum Gasteiger partial charge on any atom is -0.458 e. The van der Waals surface area contributed by atoms with E-state index < -0.39 is 12.1 Å². The van der Waals surface area contributed by atoms with E-state index in [4.69, 9.17) is 23.7 Å². The van der Waals surface area contributed by atoms with E-state index in [0.717, 1.165) is 24.2 Å². The van der Waals surface area contributed by atoms with Crippen LogP contribution in [0.25, 0.3) is 0 Å². The molecule has 0 saturated carbocycles. The average molecular weight is 427 g/mol. The van der Waals surface area contributed by atoms with E-state index in [1.807, 2.05) is 0 Å². The van der Waals surface area contributed by atoms with Gasteiger partial charge < -0.3 is 23.7 Å². The molecule has 1 saturated heterocycles. The molecular weight excluding hydrogens is 394 g/mol. The highest BCUT2D eigenvalue weighted by atomic mass is 16.6. The third kappa shape index (κ3) is 8.91. The number of ether oxygens (including phenoxy) is 5. The molecule has 2 aliphatic rings. The van der Waals surface area contributed by atoms with Crippen LogP contribution in [0.15, 0.2) is 12.2 Å². The lowest BCUT2D eigenvalue weighted by Crippen LogP contribution is -2.40. The SMILES string of the molecule is COCCOCCOCCOC1CC/C=C/CCC1OC(=O)CN1C(=O)CCC1=O. The number of amides is 2. The molecule has 2 unspecified atom stereocenters. The Morgan fingerprint density at radius 1 is 0.900 bits per heavy atom. The van der Waals surface area contributed by atoms with E-state index in [0.29, 0.717) is 46.1 Å². The molecule has 30 heavy (non-hydrogen) atoms. The van der Waals surface area contributed by atoms with E-state index in [1.54, 1.807) is 7.11 Å². The van der Waals surface area contributed by atoms with Gasteiger partial charge in [-0.05, 0) is 25.7 Å². The maximum atomic E-state index is 12.3. The number of allylic oxidation sites excluding steroid dienone is 2. The maximum Gasteiger partial charge on any atom is 0.326 e. The Hall–Kier alpha value is -1.81. The Kier molecular flexibility index (Phi) is 11.6. The summed E-state index contributed by atoms with van der Waals surface area (Å²) in [5.74, 6) is -1.23. The first-order chi connectivity index (χ1) is 14.6. The zero-order chi connectivity index (χ0) is 21.6. The number of carbonyl (C=O) groups excluding carboxylic acids is 3. The highest BCUT2D eigenvalue weighted by molar-refractivity contribution is 6.04. The van der Waals surface area contributed by atoms with Crippen LogP contribution in [0.4, 0.5) is 0 Å². The number of imide groups is 1. The van der Waals surface area contributed by atoms with Crippen LogP contribution in [0.1, 0.15) is 38.5 Å². The lowest BCUT2D eigenvalue weighted by molar-refractivity contribution is -0.164. The van der Waals surface area contributed by atoms with Gasteiger partial charge in [-0.15, -0.1) is 0 Å². The predicted molar refractivity (Wildman–Crippen MR) is 107 cm³/mol. The second kappa shape index (κ2) is 14.2. The molecule has 0 spiro atoms. The van der Waals surface area contributed by atoms with Crippen LogP contribution in [0.5, 0.6) is 0 Å². The van der Waals surface area contributed by atoms with Crippen LogP contribution in [-0.2, 0) is 38.1 Å². The maximum absolute atomic E-state index is 12.3. The highest BCUT2D eigenvalue weighted by Gasteiger charge is 2.33. The van der Waals surface area contributed by atoms with E-state index in [9.17, 15) is 14.4 Å². The first kappa shape index (κ1) is 24.5. The lowest BCUT2D eigenvalue weighted by Gasteiger charge is -2.28. The number of rotatable bonds is 13. The van der Waals surface area contributed by atoms with Gasteiger partial charge in [0.25, 0.3) is 0 Å². The fourth-order valence-corrected chi connectivity index (χ4v) is 3.31. The number of hydrogen-bond acceptors (Lipinski definition) is 8. The monoisotopic (exact) mass is 427 g/mol. The molecule has 1 aliphatic carbocycles. The average Bonchev–Trinajstić information content (AvgIpc) is 3.02. The minimum atomic E-state index is -0.578. The highest BCUT2D eigenvalue weighted by Crippen LogP contribution is 2.20. The van der Waals surface area contributed by atoms with Crippen LogP contribution in [0.3, 0.4) is 0 Å². The Labute approximate surface area is 177 Å². The molecule has 1 fully saturated rings. The molecule has 9 heteroatoms. The van der Waals surface area contributed by atoms with Crippen molar-refractivity contribution in [1.29, 1.82) is 0 Å². The molecule has 0 N–H and O–H groups in total. The Morgan fingerprint density at radius 2 is 1.47 bits per heavy atom. The van der Waals surface area contributed by atoms with Crippen LogP contribution in [-0.4, -0.2) is 88.2 Å². The number of methoxy groups -OCH3 is 1. The van der Waals surface area contributed by atoms with Gasteiger partial charge in [0.2, 0.25) is 11.8 Å². The summed E-state index contributed by atoms with van der Waals surface area (Å²) in [6.45, 7) is 2.51. The van der Waals surface area contributed by atoms with Crippen molar-refractivity contribution < 1.29 is 38.1 Å². The number of carbonyl (C=O) groups is 3. The first-order valence-electron chi connectivity index (χ1n) is 10.6. The molecule has 9 nitrogen and oxygen atoms in total. The van der Waals surface area contributed by atoms with Gasteiger partial charge in [-0.1, -0.05) is 12.2 Å². The van der Waals surface area contributed by atoms with Gasteiger partial charge in [0.15, 0.2) is 0 Å². The van der Waals surface area contributed by atoms with Crippen molar-refractivity contribution in [3.8, 4) is 0 Å². The third-order valence-corrected chi connectivity index (χ3v) is 4.91. The van der Waals surface area contributed by atoms with Crippen LogP contribution < -0.4 is 0 Å². The van der Waals surface area contributed by atoms with E-state index in [1.165, 1.54) is 0 Å². The minimum absolute atomic E-state index is 0.156. The molecule has 0 aromatic carbocycles. The summed E-state index contributed by atoms with van der Waals surface area (Å²) in [6, 6.07) is 0. The summed E-state index contributed by atoms with van der Waals surface area (Å²) in [4.78, 5) is 36.7. The second-order valence-electron chi connectivity index (χ2n) is 7.15. The molecule has 1 heterocycles. The van der Waals surface area contributed by atoms with Gasteiger partial charge in [0.1, 0.15) is 12.6 Å². The van der Waals surface area contributed by atoms with Crippen molar-refractivity contribution in [3.63, 3.8) is 0 Å². The predicted octanol–water partition coefficient (Wildman–Crippen LogP) is 1.24. The Morgan fingerprint density at radius 3 is 2.10 bits per heavy atom. The van der Waals surface area contributed by atoms with Crippen molar-refractivity contribution in [1.82, 2.24) is 4.90 Å². The molecule has 0 aromatic rings.